The van der Waals surface area contributed by atoms with Crippen LogP contribution in [0.15, 0.2) is 68.6 Å². The van der Waals surface area contributed by atoms with Gasteiger partial charge in [0.25, 0.3) is 0 Å². The lowest BCUT2D eigenvalue weighted by molar-refractivity contribution is 0.444. The summed E-state index contributed by atoms with van der Waals surface area (Å²) in [5, 5.41) is 0.390. The Hall–Kier alpha value is -2.62. The Morgan fingerprint density at radius 3 is 2.28 bits per heavy atom. The van der Waals surface area contributed by atoms with Gasteiger partial charge >= 0.3 is 11.4 Å². The molecule has 0 aliphatic heterocycles. The standard InChI is InChI=1S/C14H9NO3/c16-13-11-8-4-5-9-12(11)15(14(17)18-13)10-6-2-1-3-7-10/h1-9H. The molecule has 0 unspecified atom stereocenters. The lowest BCUT2D eigenvalue weighted by atomic mass is 10.2. The van der Waals surface area contributed by atoms with Gasteiger partial charge in [-0.05, 0) is 24.3 Å². The van der Waals surface area contributed by atoms with E-state index >= 15 is 0 Å². The fourth-order valence-electron chi connectivity index (χ4n) is 1.94. The van der Waals surface area contributed by atoms with Crippen LogP contribution < -0.4 is 11.4 Å². The molecule has 0 N–H and O–H groups in total. The quantitative estimate of drug-likeness (QED) is 0.652. The Labute approximate surface area is 102 Å². The molecule has 1 heterocycles. The molecule has 0 atom stereocenters. The fourth-order valence-corrected chi connectivity index (χ4v) is 1.94. The minimum absolute atomic E-state index is 0.390. The minimum Gasteiger partial charge on any atom is -0.372 e. The van der Waals surface area contributed by atoms with Gasteiger partial charge in [-0.3, -0.25) is 0 Å². The highest BCUT2D eigenvalue weighted by atomic mass is 16.4. The number of aromatic nitrogens is 1. The molecule has 0 aliphatic carbocycles. The topological polar surface area (TPSA) is 52.2 Å². The van der Waals surface area contributed by atoms with E-state index in [1.165, 1.54) is 4.57 Å². The summed E-state index contributed by atoms with van der Waals surface area (Å²) < 4.78 is 6.11. The van der Waals surface area contributed by atoms with Crippen LogP contribution in [0.3, 0.4) is 0 Å². The zero-order valence-electron chi connectivity index (χ0n) is 9.37. The van der Waals surface area contributed by atoms with Crippen LogP contribution in [0.4, 0.5) is 0 Å². The van der Waals surface area contributed by atoms with E-state index in [9.17, 15) is 9.59 Å². The summed E-state index contributed by atoms with van der Waals surface area (Å²) in [5.41, 5.74) is 0.607. The molecule has 88 valence electrons. The molecule has 4 heteroatoms. The van der Waals surface area contributed by atoms with Crippen LogP contribution in [0.25, 0.3) is 16.6 Å². The molecule has 0 aliphatic rings. The lowest BCUT2D eigenvalue weighted by Gasteiger charge is -2.07. The number of hydrogen-bond acceptors (Lipinski definition) is 3. The van der Waals surface area contributed by atoms with Crippen LogP contribution >= 0.6 is 0 Å². The van der Waals surface area contributed by atoms with Gasteiger partial charge in [0.15, 0.2) is 0 Å². The third-order valence-corrected chi connectivity index (χ3v) is 2.74. The summed E-state index contributed by atoms with van der Waals surface area (Å²) >= 11 is 0. The highest BCUT2D eigenvalue weighted by Crippen LogP contribution is 2.12. The molecule has 0 amide bonds. The van der Waals surface area contributed by atoms with Crippen LogP contribution in [-0.4, -0.2) is 4.57 Å². The van der Waals surface area contributed by atoms with Gasteiger partial charge in [-0.15, -0.1) is 0 Å². The highest BCUT2D eigenvalue weighted by Gasteiger charge is 2.09. The van der Waals surface area contributed by atoms with Crippen LogP contribution in [0, 0.1) is 0 Å². The van der Waals surface area contributed by atoms with Gasteiger partial charge < -0.3 is 4.42 Å². The second-order valence-electron chi connectivity index (χ2n) is 3.84. The predicted octanol–water partition coefficient (Wildman–Crippen LogP) is 1.94. The van der Waals surface area contributed by atoms with E-state index in [1.54, 1.807) is 36.4 Å². The van der Waals surface area contributed by atoms with E-state index in [2.05, 4.69) is 0 Å². The summed E-state index contributed by atoms with van der Waals surface area (Å²) in [5.74, 6) is -0.676. The maximum Gasteiger partial charge on any atom is 0.426 e. The highest BCUT2D eigenvalue weighted by molar-refractivity contribution is 5.78. The van der Waals surface area contributed by atoms with Crippen molar-refractivity contribution in [1.29, 1.82) is 0 Å². The van der Waals surface area contributed by atoms with Crippen molar-refractivity contribution in [1.82, 2.24) is 4.57 Å². The first-order valence-electron chi connectivity index (χ1n) is 5.48. The fraction of sp³-hybridized carbons (Fsp3) is 0. The molecule has 0 saturated heterocycles. The van der Waals surface area contributed by atoms with Crippen LogP contribution in [0.5, 0.6) is 0 Å². The van der Waals surface area contributed by atoms with Crippen molar-refractivity contribution in [2.75, 3.05) is 0 Å². The van der Waals surface area contributed by atoms with Gasteiger partial charge in [0.2, 0.25) is 0 Å². The first-order valence-corrected chi connectivity index (χ1v) is 5.48. The van der Waals surface area contributed by atoms with Gasteiger partial charge in [-0.25, -0.2) is 14.2 Å². The molecule has 4 nitrogen and oxygen atoms in total. The van der Waals surface area contributed by atoms with E-state index in [-0.39, 0.29) is 0 Å². The minimum atomic E-state index is -0.676. The Bertz CT molecular complexity index is 816. The molecule has 0 saturated carbocycles. The second-order valence-corrected chi connectivity index (χ2v) is 3.84. The predicted molar refractivity (Wildman–Crippen MR) is 68.1 cm³/mol. The van der Waals surface area contributed by atoms with Crippen LogP contribution in [0.2, 0.25) is 0 Å². The molecule has 3 aromatic rings. The van der Waals surface area contributed by atoms with E-state index in [0.29, 0.717) is 16.6 Å². The van der Waals surface area contributed by atoms with Gasteiger partial charge in [-0.1, -0.05) is 30.3 Å². The van der Waals surface area contributed by atoms with E-state index in [1.807, 2.05) is 18.2 Å². The average molecular weight is 239 g/mol. The second kappa shape index (κ2) is 4.00. The van der Waals surface area contributed by atoms with Crippen LogP contribution in [-0.2, 0) is 0 Å². The third kappa shape index (κ3) is 1.55. The normalized spacial score (nSPS) is 10.7. The third-order valence-electron chi connectivity index (χ3n) is 2.74. The molecule has 2 aromatic carbocycles. The molecule has 18 heavy (non-hydrogen) atoms. The summed E-state index contributed by atoms with van der Waals surface area (Å²) in [6.07, 6.45) is 0. The number of nitrogens with zero attached hydrogens (tertiary/aromatic N) is 1. The Kier molecular flexibility index (Phi) is 2.34. The zero-order valence-corrected chi connectivity index (χ0v) is 9.37. The maximum atomic E-state index is 11.9. The molecular formula is C14H9NO3. The van der Waals surface area contributed by atoms with E-state index < -0.39 is 11.4 Å². The molecule has 1 aromatic heterocycles. The first-order chi connectivity index (χ1) is 8.77. The van der Waals surface area contributed by atoms with E-state index in [4.69, 9.17) is 4.42 Å². The number of hydrogen-bond donors (Lipinski definition) is 0. The Balaban J connectivity index is 2.50. The molecule has 0 radical (unpaired) electrons. The largest absolute Gasteiger partial charge is 0.426 e. The summed E-state index contributed by atoms with van der Waals surface area (Å²) in [7, 11) is 0. The van der Waals surface area contributed by atoms with Gasteiger partial charge in [-0.2, -0.15) is 0 Å². The van der Waals surface area contributed by atoms with Crippen molar-refractivity contribution >= 4 is 10.9 Å². The summed E-state index contributed by atoms with van der Waals surface area (Å²) in [6, 6.07) is 15.9. The maximum absolute atomic E-state index is 11.9. The average Bonchev–Trinajstić information content (AvgIpc) is 2.40. The number of para-hydroxylation sites is 2. The molecule has 3 rings (SSSR count). The van der Waals surface area contributed by atoms with Crippen molar-refractivity contribution in [3.63, 3.8) is 0 Å². The van der Waals surface area contributed by atoms with Crippen molar-refractivity contribution in [3.8, 4) is 5.69 Å². The van der Waals surface area contributed by atoms with Crippen molar-refractivity contribution < 1.29 is 4.42 Å². The zero-order chi connectivity index (χ0) is 12.5. The Morgan fingerprint density at radius 2 is 1.50 bits per heavy atom. The van der Waals surface area contributed by atoms with Crippen molar-refractivity contribution in [2.45, 2.75) is 0 Å². The first kappa shape index (κ1) is 10.5. The summed E-state index contributed by atoms with van der Waals surface area (Å²) in [6.45, 7) is 0. The molecular weight excluding hydrogens is 230 g/mol. The number of rotatable bonds is 1. The number of fused-ring (bicyclic) bond motifs is 1. The molecule has 0 fully saturated rings. The smallest absolute Gasteiger partial charge is 0.372 e. The lowest BCUT2D eigenvalue weighted by Crippen LogP contribution is -2.23. The molecule has 0 spiro atoms. The van der Waals surface area contributed by atoms with Gasteiger partial charge in [0, 0.05) is 0 Å². The summed E-state index contributed by atoms with van der Waals surface area (Å²) in [4.78, 5) is 23.5. The van der Waals surface area contributed by atoms with Crippen molar-refractivity contribution in [3.05, 3.63) is 75.6 Å². The van der Waals surface area contributed by atoms with Crippen LogP contribution in [0.1, 0.15) is 0 Å². The van der Waals surface area contributed by atoms with Gasteiger partial charge in [0.1, 0.15) is 0 Å². The monoisotopic (exact) mass is 239 g/mol. The van der Waals surface area contributed by atoms with Crippen molar-refractivity contribution in [2.24, 2.45) is 0 Å². The van der Waals surface area contributed by atoms with E-state index in [0.717, 1.165) is 0 Å². The Morgan fingerprint density at radius 1 is 0.833 bits per heavy atom. The van der Waals surface area contributed by atoms with Gasteiger partial charge in [0.05, 0.1) is 16.6 Å². The number of benzene rings is 2. The molecule has 0 bridgehead atoms. The SMILES string of the molecule is O=c1oc(=O)n(-c2ccccc2)c2ccccc12.